The molecule has 0 bridgehead atoms. The fraction of sp³-hybridized carbons (Fsp3) is 0.318. The first-order chi connectivity index (χ1) is 15.9. The summed E-state index contributed by atoms with van der Waals surface area (Å²) in [6.45, 7) is 3.19. The maximum atomic E-state index is 13.2. The van der Waals surface area contributed by atoms with Crippen LogP contribution in [0.2, 0.25) is 0 Å². The van der Waals surface area contributed by atoms with Crippen LogP contribution in [0, 0.1) is 0 Å². The number of nitrogens with zero attached hydrogens (tertiary/aromatic N) is 4. The minimum absolute atomic E-state index is 0.117. The Labute approximate surface area is 191 Å². The Morgan fingerprint density at radius 2 is 2.24 bits per heavy atom. The fourth-order valence-electron chi connectivity index (χ4n) is 4.32. The third-order valence-electron chi connectivity index (χ3n) is 5.89. The molecule has 0 fully saturated rings. The summed E-state index contributed by atoms with van der Waals surface area (Å²) >= 11 is 0. The van der Waals surface area contributed by atoms with Crippen LogP contribution in [-0.2, 0) is 22.9 Å². The molecule has 0 saturated heterocycles. The first-order valence-electron chi connectivity index (χ1n) is 10.6. The lowest BCUT2D eigenvalue weighted by Crippen LogP contribution is -2.23. The van der Waals surface area contributed by atoms with E-state index in [4.69, 9.17) is 14.6 Å². The number of aryl methyl sites for hydroxylation is 1. The molecule has 2 aliphatic rings. The van der Waals surface area contributed by atoms with E-state index >= 15 is 0 Å². The standard InChI is InChI=1S/C22H24N6O4S/c1-13-10-15-4-5-16(14-6-7-24-18(11-14)31-2)20(19(13)15)26-22(29)27-33(23,30)17-12-25-28-8-3-9-32-21(17)28/h4-7,11-13H,3,8-10H2,1-2H3,(H3,23,26,27,29,30)/t13-,33-/m0/s1. The number of methoxy groups -OCH3 is 1. The molecule has 0 radical (unpaired) electrons. The second-order valence-corrected chi connectivity index (χ2v) is 9.84. The van der Waals surface area contributed by atoms with Crippen LogP contribution in [0.4, 0.5) is 10.5 Å². The number of rotatable bonds is 4. The maximum Gasteiger partial charge on any atom is 0.354 e. The molecule has 2 amide bonds. The molecule has 11 heteroatoms. The van der Waals surface area contributed by atoms with Gasteiger partial charge in [0, 0.05) is 30.8 Å². The molecular weight excluding hydrogens is 444 g/mol. The zero-order valence-corrected chi connectivity index (χ0v) is 19.1. The van der Waals surface area contributed by atoms with Crippen LogP contribution in [0.3, 0.4) is 0 Å². The Balaban J connectivity index is 1.53. The van der Waals surface area contributed by atoms with Gasteiger partial charge in [-0.2, -0.15) is 5.10 Å². The molecule has 33 heavy (non-hydrogen) atoms. The smallest absolute Gasteiger partial charge is 0.354 e. The lowest BCUT2D eigenvalue weighted by molar-refractivity contribution is 0.224. The van der Waals surface area contributed by atoms with E-state index < -0.39 is 15.9 Å². The van der Waals surface area contributed by atoms with Crippen LogP contribution in [0.15, 0.2) is 45.9 Å². The molecule has 1 aliphatic carbocycles. The number of nitrogens with one attached hydrogen (secondary N) is 1. The highest BCUT2D eigenvalue weighted by molar-refractivity contribution is 7.91. The van der Waals surface area contributed by atoms with Crippen LogP contribution in [0.5, 0.6) is 11.8 Å². The van der Waals surface area contributed by atoms with Crippen LogP contribution < -0.4 is 19.9 Å². The number of hydrogen-bond donors (Lipinski definition) is 2. The second-order valence-electron chi connectivity index (χ2n) is 8.08. The SMILES string of the molecule is COc1cc(-c2ccc3c(c2NC(=O)N=[S@](N)(=O)c2cnn4c2OCCC4)[C@@H](C)C3)ccn1. The van der Waals surface area contributed by atoms with Crippen molar-refractivity contribution in [2.75, 3.05) is 19.0 Å². The van der Waals surface area contributed by atoms with Gasteiger partial charge in [-0.15, -0.1) is 4.36 Å². The minimum atomic E-state index is -3.56. The molecule has 1 aliphatic heterocycles. The summed E-state index contributed by atoms with van der Waals surface area (Å²) < 4.78 is 29.4. The Hall–Kier alpha value is -3.44. The molecule has 0 saturated carbocycles. The summed E-state index contributed by atoms with van der Waals surface area (Å²) in [5, 5.41) is 13.0. The van der Waals surface area contributed by atoms with Crippen molar-refractivity contribution in [2.24, 2.45) is 9.50 Å². The van der Waals surface area contributed by atoms with Crippen molar-refractivity contribution < 1.29 is 18.5 Å². The average molecular weight is 469 g/mol. The Morgan fingerprint density at radius 1 is 1.39 bits per heavy atom. The predicted octanol–water partition coefficient (Wildman–Crippen LogP) is 3.33. The molecular formula is C22H24N6O4S. The molecule has 5 rings (SSSR count). The third-order valence-corrected chi connectivity index (χ3v) is 7.24. The number of nitrogens with two attached hydrogens (primary N) is 1. The normalized spacial score (nSPS) is 18.1. The summed E-state index contributed by atoms with van der Waals surface area (Å²) in [5.74, 6) is 1.02. The third kappa shape index (κ3) is 3.83. The van der Waals surface area contributed by atoms with E-state index in [-0.39, 0.29) is 10.8 Å². The van der Waals surface area contributed by atoms with Crippen molar-refractivity contribution in [3.8, 4) is 22.9 Å². The van der Waals surface area contributed by atoms with Gasteiger partial charge in [-0.1, -0.05) is 19.1 Å². The average Bonchev–Trinajstić information content (AvgIpc) is 3.23. The molecule has 10 nitrogen and oxygen atoms in total. The van der Waals surface area contributed by atoms with Crippen molar-refractivity contribution >= 4 is 21.6 Å². The number of carbonyl (C=O) groups excluding carboxylic acids is 1. The van der Waals surface area contributed by atoms with Gasteiger partial charge in [0.1, 0.15) is 4.90 Å². The number of urea groups is 1. The van der Waals surface area contributed by atoms with Gasteiger partial charge in [-0.25, -0.2) is 23.8 Å². The number of ether oxygens (including phenoxy) is 2. The van der Waals surface area contributed by atoms with Gasteiger partial charge in [0.15, 0.2) is 9.92 Å². The van der Waals surface area contributed by atoms with E-state index in [1.54, 1.807) is 24.1 Å². The van der Waals surface area contributed by atoms with Crippen molar-refractivity contribution in [2.45, 2.75) is 37.1 Å². The molecule has 172 valence electrons. The maximum absolute atomic E-state index is 13.2. The van der Waals surface area contributed by atoms with Crippen molar-refractivity contribution in [1.29, 1.82) is 0 Å². The number of pyridine rings is 1. The monoisotopic (exact) mass is 468 g/mol. The molecule has 3 aromatic rings. The molecule has 1 aromatic carbocycles. The van der Waals surface area contributed by atoms with E-state index in [0.717, 1.165) is 35.1 Å². The van der Waals surface area contributed by atoms with Gasteiger partial charge in [0.05, 0.1) is 25.6 Å². The van der Waals surface area contributed by atoms with Gasteiger partial charge in [0.25, 0.3) is 0 Å². The van der Waals surface area contributed by atoms with E-state index in [0.29, 0.717) is 30.6 Å². The lowest BCUT2D eigenvalue weighted by atomic mass is 9.76. The number of aromatic nitrogens is 3. The van der Waals surface area contributed by atoms with E-state index in [1.165, 1.54) is 6.20 Å². The summed E-state index contributed by atoms with van der Waals surface area (Å²) in [6.07, 6.45) is 4.70. The number of amides is 2. The summed E-state index contributed by atoms with van der Waals surface area (Å²) in [7, 11) is -2.01. The quantitative estimate of drug-likeness (QED) is 0.603. The highest BCUT2D eigenvalue weighted by Gasteiger charge is 2.29. The zero-order valence-electron chi connectivity index (χ0n) is 18.3. The Morgan fingerprint density at radius 3 is 3.03 bits per heavy atom. The molecule has 0 unspecified atom stereocenters. The van der Waals surface area contributed by atoms with Crippen LogP contribution in [0.25, 0.3) is 11.1 Å². The summed E-state index contributed by atoms with van der Waals surface area (Å²) in [4.78, 5) is 17.2. The summed E-state index contributed by atoms with van der Waals surface area (Å²) in [6, 6.07) is 6.82. The molecule has 0 spiro atoms. The molecule has 3 N–H and O–H groups in total. The topological polar surface area (TPSA) is 134 Å². The van der Waals surface area contributed by atoms with E-state index in [2.05, 4.69) is 26.7 Å². The first kappa shape index (κ1) is 21.4. The first-order valence-corrected chi connectivity index (χ1v) is 12.2. The molecule has 3 heterocycles. The summed E-state index contributed by atoms with van der Waals surface area (Å²) in [5.41, 5.74) is 4.42. The van der Waals surface area contributed by atoms with Gasteiger partial charge in [-0.05, 0) is 35.1 Å². The van der Waals surface area contributed by atoms with Crippen LogP contribution >= 0.6 is 0 Å². The number of benzene rings is 1. The number of anilines is 1. The predicted molar refractivity (Wildman–Crippen MR) is 123 cm³/mol. The fourth-order valence-corrected chi connectivity index (χ4v) is 5.32. The van der Waals surface area contributed by atoms with Crippen LogP contribution in [-0.4, -0.2) is 38.7 Å². The Kier molecular flexibility index (Phi) is 5.29. The van der Waals surface area contributed by atoms with Crippen molar-refractivity contribution in [3.63, 3.8) is 0 Å². The molecule has 2 atom stereocenters. The van der Waals surface area contributed by atoms with Crippen LogP contribution in [0.1, 0.15) is 30.4 Å². The highest BCUT2D eigenvalue weighted by Crippen LogP contribution is 2.45. The Bertz CT molecular complexity index is 1380. The van der Waals surface area contributed by atoms with Crippen molar-refractivity contribution in [1.82, 2.24) is 14.8 Å². The van der Waals surface area contributed by atoms with Gasteiger partial charge < -0.3 is 14.8 Å². The van der Waals surface area contributed by atoms with Gasteiger partial charge in [0.2, 0.25) is 11.8 Å². The lowest BCUT2D eigenvalue weighted by Gasteiger charge is -2.31. The zero-order chi connectivity index (χ0) is 23.2. The van der Waals surface area contributed by atoms with E-state index in [9.17, 15) is 9.00 Å². The second kappa shape index (κ2) is 8.16. The van der Waals surface area contributed by atoms with E-state index in [1.807, 2.05) is 18.2 Å². The number of hydrogen-bond acceptors (Lipinski definition) is 6. The minimum Gasteiger partial charge on any atom is -0.481 e. The largest absolute Gasteiger partial charge is 0.481 e. The van der Waals surface area contributed by atoms with Crippen molar-refractivity contribution in [3.05, 3.63) is 47.8 Å². The number of carbonyl (C=O) groups is 1. The number of fused-ring (bicyclic) bond motifs is 2. The molecule has 2 aromatic heterocycles. The van der Waals surface area contributed by atoms with Gasteiger partial charge >= 0.3 is 6.03 Å². The van der Waals surface area contributed by atoms with Gasteiger partial charge in [-0.3, -0.25) is 0 Å². The highest BCUT2D eigenvalue weighted by atomic mass is 32.2.